The van der Waals surface area contributed by atoms with Gasteiger partial charge in [0.15, 0.2) is 0 Å². The van der Waals surface area contributed by atoms with Gasteiger partial charge in [0.05, 0.1) is 13.2 Å². The van der Waals surface area contributed by atoms with Crippen molar-refractivity contribution < 1.29 is 19.1 Å². The first-order valence-electron chi connectivity index (χ1n) is 6.56. The Labute approximate surface area is 107 Å². The summed E-state index contributed by atoms with van der Waals surface area (Å²) >= 11 is 0. The SMILES string of the molecule is CCOC(=O)C1CCCCN1CC1CNC(=O)O1. The van der Waals surface area contributed by atoms with Crippen LogP contribution in [0.4, 0.5) is 4.79 Å². The molecule has 1 amide bonds. The van der Waals surface area contributed by atoms with Gasteiger partial charge in [-0.25, -0.2) is 4.79 Å². The quantitative estimate of drug-likeness (QED) is 0.742. The van der Waals surface area contributed by atoms with Crippen LogP contribution in [0.1, 0.15) is 26.2 Å². The van der Waals surface area contributed by atoms with E-state index in [0.29, 0.717) is 19.7 Å². The van der Waals surface area contributed by atoms with E-state index < -0.39 is 0 Å². The maximum absolute atomic E-state index is 11.9. The Hall–Kier alpha value is -1.30. The van der Waals surface area contributed by atoms with E-state index in [4.69, 9.17) is 9.47 Å². The molecule has 2 unspecified atom stereocenters. The minimum atomic E-state index is -0.371. The molecule has 18 heavy (non-hydrogen) atoms. The van der Waals surface area contributed by atoms with Gasteiger partial charge < -0.3 is 14.8 Å². The molecule has 6 heteroatoms. The first kappa shape index (κ1) is 13.1. The van der Waals surface area contributed by atoms with Crippen LogP contribution in [0.2, 0.25) is 0 Å². The molecule has 0 aromatic rings. The zero-order valence-corrected chi connectivity index (χ0v) is 10.7. The van der Waals surface area contributed by atoms with Crippen molar-refractivity contribution in [3.05, 3.63) is 0 Å². The van der Waals surface area contributed by atoms with Gasteiger partial charge in [-0.1, -0.05) is 6.42 Å². The number of carbonyl (C=O) groups excluding carboxylic acids is 2. The molecule has 2 atom stereocenters. The van der Waals surface area contributed by atoms with E-state index in [2.05, 4.69) is 10.2 Å². The van der Waals surface area contributed by atoms with Crippen LogP contribution in [0.25, 0.3) is 0 Å². The predicted molar refractivity (Wildman–Crippen MR) is 64.1 cm³/mol. The Morgan fingerprint density at radius 3 is 3.06 bits per heavy atom. The highest BCUT2D eigenvalue weighted by molar-refractivity contribution is 5.76. The van der Waals surface area contributed by atoms with Gasteiger partial charge in [0.1, 0.15) is 12.1 Å². The van der Waals surface area contributed by atoms with Crippen LogP contribution in [-0.4, -0.2) is 55.3 Å². The monoisotopic (exact) mass is 256 g/mol. The van der Waals surface area contributed by atoms with Crippen LogP contribution in [-0.2, 0) is 14.3 Å². The molecular formula is C12H20N2O4. The number of nitrogens with one attached hydrogen (secondary N) is 1. The van der Waals surface area contributed by atoms with Gasteiger partial charge >= 0.3 is 12.1 Å². The first-order chi connectivity index (χ1) is 8.70. The van der Waals surface area contributed by atoms with E-state index in [-0.39, 0.29) is 24.2 Å². The number of carbonyl (C=O) groups is 2. The van der Waals surface area contributed by atoms with Gasteiger partial charge in [-0.15, -0.1) is 0 Å². The maximum Gasteiger partial charge on any atom is 0.407 e. The molecular weight excluding hydrogens is 236 g/mol. The molecule has 2 heterocycles. The van der Waals surface area contributed by atoms with Crippen molar-refractivity contribution in [2.45, 2.75) is 38.3 Å². The second-order valence-electron chi connectivity index (χ2n) is 4.67. The number of ether oxygens (including phenoxy) is 2. The predicted octanol–water partition coefficient (Wildman–Crippen LogP) is 0.512. The van der Waals surface area contributed by atoms with Crippen LogP contribution < -0.4 is 5.32 Å². The third kappa shape index (κ3) is 3.13. The van der Waals surface area contributed by atoms with Crippen LogP contribution in [0.15, 0.2) is 0 Å². The molecule has 102 valence electrons. The fourth-order valence-electron chi connectivity index (χ4n) is 2.51. The summed E-state index contributed by atoms with van der Waals surface area (Å²) in [5, 5.41) is 2.62. The standard InChI is InChI=1S/C12H20N2O4/c1-2-17-11(15)10-5-3-4-6-14(10)8-9-7-13-12(16)18-9/h9-10H,2-8H2,1H3,(H,13,16). The lowest BCUT2D eigenvalue weighted by Gasteiger charge is -2.34. The Balaban J connectivity index is 1.90. The van der Waals surface area contributed by atoms with Crippen molar-refractivity contribution in [3.63, 3.8) is 0 Å². The summed E-state index contributed by atoms with van der Waals surface area (Å²) in [7, 11) is 0. The number of piperidine rings is 1. The molecule has 2 aliphatic heterocycles. The third-order valence-electron chi connectivity index (χ3n) is 3.36. The van der Waals surface area contributed by atoms with E-state index in [1.165, 1.54) is 0 Å². The molecule has 0 bridgehead atoms. The normalized spacial score (nSPS) is 28.6. The molecule has 2 aliphatic rings. The Morgan fingerprint density at radius 1 is 1.56 bits per heavy atom. The molecule has 0 aliphatic carbocycles. The van der Waals surface area contributed by atoms with Crippen molar-refractivity contribution in [2.24, 2.45) is 0 Å². The number of alkyl carbamates (subject to hydrolysis) is 1. The van der Waals surface area contributed by atoms with Crippen molar-refractivity contribution in [1.29, 1.82) is 0 Å². The van der Waals surface area contributed by atoms with Crippen molar-refractivity contribution in [2.75, 3.05) is 26.2 Å². The summed E-state index contributed by atoms with van der Waals surface area (Å²) in [5.41, 5.74) is 0. The third-order valence-corrected chi connectivity index (χ3v) is 3.36. The highest BCUT2D eigenvalue weighted by Gasteiger charge is 2.33. The number of likely N-dealkylation sites (tertiary alicyclic amines) is 1. The topological polar surface area (TPSA) is 67.9 Å². The largest absolute Gasteiger partial charge is 0.465 e. The molecule has 2 fully saturated rings. The van der Waals surface area contributed by atoms with Gasteiger partial charge in [-0.3, -0.25) is 9.69 Å². The zero-order valence-electron chi connectivity index (χ0n) is 10.7. The molecule has 2 saturated heterocycles. The van der Waals surface area contributed by atoms with Crippen molar-refractivity contribution in [1.82, 2.24) is 10.2 Å². The minimum Gasteiger partial charge on any atom is -0.465 e. The Kier molecular flexibility index (Phi) is 4.41. The van der Waals surface area contributed by atoms with Gasteiger partial charge in [0, 0.05) is 6.54 Å². The molecule has 6 nitrogen and oxygen atoms in total. The van der Waals surface area contributed by atoms with E-state index in [1.54, 1.807) is 0 Å². The number of amides is 1. The molecule has 0 aromatic heterocycles. The summed E-state index contributed by atoms with van der Waals surface area (Å²) in [6, 6.07) is -0.182. The second-order valence-corrected chi connectivity index (χ2v) is 4.67. The maximum atomic E-state index is 11.9. The second kappa shape index (κ2) is 6.04. The number of rotatable bonds is 4. The average molecular weight is 256 g/mol. The molecule has 2 rings (SSSR count). The summed E-state index contributed by atoms with van der Waals surface area (Å²) in [4.78, 5) is 24.9. The summed E-state index contributed by atoms with van der Waals surface area (Å²) in [6.07, 6.45) is 2.41. The molecule has 1 N–H and O–H groups in total. The van der Waals surface area contributed by atoms with Crippen LogP contribution in [0.3, 0.4) is 0 Å². The number of cyclic esters (lactones) is 1. The minimum absolute atomic E-state index is 0.158. The van der Waals surface area contributed by atoms with E-state index in [1.807, 2.05) is 6.92 Å². The van der Waals surface area contributed by atoms with Crippen molar-refractivity contribution >= 4 is 12.1 Å². The van der Waals surface area contributed by atoms with Crippen LogP contribution in [0.5, 0.6) is 0 Å². The Bertz CT molecular complexity index is 321. The fraction of sp³-hybridized carbons (Fsp3) is 0.833. The molecule has 0 radical (unpaired) electrons. The zero-order chi connectivity index (χ0) is 13.0. The van der Waals surface area contributed by atoms with E-state index >= 15 is 0 Å². The van der Waals surface area contributed by atoms with Crippen molar-refractivity contribution in [3.8, 4) is 0 Å². The summed E-state index contributed by atoms with van der Waals surface area (Å²) < 4.78 is 10.2. The number of hydrogen-bond acceptors (Lipinski definition) is 5. The Morgan fingerprint density at radius 2 is 2.39 bits per heavy atom. The highest BCUT2D eigenvalue weighted by Crippen LogP contribution is 2.19. The summed E-state index contributed by atoms with van der Waals surface area (Å²) in [6.45, 7) is 4.20. The molecule has 0 aromatic carbocycles. The van der Waals surface area contributed by atoms with Gasteiger partial charge in [-0.05, 0) is 26.3 Å². The van der Waals surface area contributed by atoms with Crippen LogP contribution >= 0.6 is 0 Å². The van der Waals surface area contributed by atoms with Gasteiger partial charge in [0.2, 0.25) is 0 Å². The first-order valence-corrected chi connectivity index (χ1v) is 6.56. The molecule has 0 spiro atoms. The lowest BCUT2D eigenvalue weighted by atomic mass is 10.0. The van der Waals surface area contributed by atoms with Gasteiger partial charge in [0.25, 0.3) is 0 Å². The number of nitrogens with zero attached hydrogens (tertiary/aromatic N) is 1. The van der Waals surface area contributed by atoms with Gasteiger partial charge in [-0.2, -0.15) is 0 Å². The average Bonchev–Trinajstić information content (AvgIpc) is 2.76. The summed E-state index contributed by atoms with van der Waals surface area (Å²) in [5.74, 6) is -0.158. The van der Waals surface area contributed by atoms with E-state index in [9.17, 15) is 9.59 Å². The smallest absolute Gasteiger partial charge is 0.407 e. The van der Waals surface area contributed by atoms with Crippen LogP contribution in [0, 0.1) is 0 Å². The fourth-order valence-corrected chi connectivity index (χ4v) is 2.51. The highest BCUT2D eigenvalue weighted by atomic mass is 16.6. The number of esters is 1. The molecule has 0 saturated carbocycles. The lowest BCUT2D eigenvalue weighted by molar-refractivity contribution is -0.151. The van der Waals surface area contributed by atoms with E-state index in [0.717, 1.165) is 25.8 Å². The number of hydrogen-bond donors (Lipinski definition) is 1. The lowest BCUT2D eigenvalue weighted by Crippen LogP contribution is -2.49.